The quantitative estimate of drug-likeness (QED) is 0.442. The van der Waals surface area contributed by atoms with Gasteiger partial charge in [0.25, 0.3) is 0 Å². The molecule has 0 nitrogen and oxygen atoms in total. The van der Waals surface area contributed by atoms with Crippen molar-refractivity contribution in [1.82, 2.24) is 0 Å². The highest BCUT2D eigenvalue weighted by molar-refractivity contribution is 7.58. The first kappa shape index (κ1) is 6.55. The SMILES string of the molecule is C[C@@H]1CC[C@@H](C)P1C. The van der Waals surface area contributed by atoms with Gasteiger partial charge in [-0.25, -0.2) is 0 Å². The summed E-state index contributed by atoms with van der Waals surface area (Å²) in [5, 5.41) is 0. The molecule has 48 valence electrons. The van der Waals surface area contributed by atoms with E-state index < -0.39 is 0 Å². The summed E-state index contributed by atoms with van der Waals surface area (Å²) in [6, 6.07) is 0. The van der Waals surface area contributed by atoms with Gasteiger partial charge in [0.1, 0.15) is 0 Å². The Balaban J connectivity index is 2.44. The second-order valence-corrected chi connectivity index (χ2v) is 6.03. The molecule has 1 fully saturated rings. The van der Waals surface area contributed by atoms with Crippen LogP contribution < -0.4 is 0 Å². The minimum absolute atomic E-state index is 0.413. The van der Waals surface area contributed by atoms with E-state index in [2.05, 4.69) is 20.5 Å². The standard InChI is InChI=1S/C7H15P/c1-6-4-5-7(2)8(6)3/h6-7H,4-5H2,1-3H3/t6-,7-/m1/s1. The first-order chi connectivity index (χ1) is 3.72. The van der Waals surface area contributed by atoms with Crippen LogP contribution in [0.5, 0.6) is 0 Å². The van der Waals surface area contributed by atoms with E-state index in [-0.39, 0.29) is 0 Å². The Kier molecular flexibility index (Phi) is 1.92. The van der Waals surface area contributed by atoms with Gasteiger partial charge in [-0.1, -0.05) is 13.8 Å². The Bertz CT molecular complexity index is 70.5. The van der Waals surface area contributed by atoms with Crippen molar-refractivity contribution in [3.05, 3.63) is 0 Å². The normalized spacial score (nSPS) is 40.9. The highest BCUT2D eigenvalue weighted by atomic mass is 31.1. The molecule has 0 unspecified atom stereocenters. The Morgan fingerprint density at radius 3 is 1.62 bits per heavy atom. The predicted molar refractivity (Wildman–Crippen MR) is 41.0 cm³/mol. The van der Waals surface area contributed by atoms with Crippen LogP contribution in [-0.2, 0) is 0 Å². The highest BCUT2D eigenvalue weighted by Gasteiger charge is 2.24. The van der Waals surface area contributed by atoms with E-state index in [0.717, 1.165) is 11.3 Å². The van der Waals surface area contributed by atoms with Gasteiger partial charge in [0, 0.05) is 0 Å². The molecule has 1 aliphatic rings. The number of hydrogen-bond acceptors (Lipinski definition) is 0. The van der Waals surface area contributed by atoms with Crippen LogP contribution in [0.2, 0.25) is 0 Å². The zero-order valence-electron chi connectivity index (χ0n) is 6.02. The van der Waals surface area contributed by atoms with Crippen molar-refractivity contribution >= 4 is 7.92 Å². The van der Waals surface area contributed by atoms with Gasteiger partial charge in [0.2, 0.25) is 0 Å². The van der Waals surface area contributed by atoms with E-state index in [0.29, 0.717) is 7.92 Å². The average molecular weight is 130 g/mol. The van der Waals surface area contributed by atoms with Crippen LogP contribution in [0, 0.1) is 0 Å². The second-order valence-electron chi connectivity index (χ2n) is 2.94. The lowest BCUT2D eigenvalue weighted by Gasteiger charge is -2.13. The summed E-state index contributed by atoms with van der Waals surface area (Å²) in [5.41, 5.74) is 2.11. The lowest BCUT2D eigenvalue weighted by atomic mass is 10.2. The molecular weight excluding hydrogens is 115 g/mol. The highest BCUT2D eigenvalue weighted by Crippen LogP contribution is 2.51. The summed E-state index contributed by atoms with van der Waals surface area (Å²) in [7, 11) is 0.413. The average Bonchev–Trinajstić information content (AvgIpc) is 1.98. The fourth-order valence-corrected chi connectivity index (χ4v) is 3.31. The molecule has 1 heteroatoms. The molecule has 1 saturated heterocycles. The van der Waals surface area contributed by atoms with Gasteiger partial charge in [-0.15, -0.1) is 7.92 Å². The predicted octanol–water partition coefficient (Wildman–Crippen LogP) is 2.67. The van der Waals surface area contributed by atoms with Gasteiger partial charge in [-0.05, 0) is 30.8 Å². The summed E-state index contributed by atoms with van der Waals surface area (Å²) in [6.07, 6.45) is 2.98. The Labute approximate surface area is 53.4 Å². The third kappa shape index (κ3) is 1.05. The van der Waals surface area contributed by atoms with Crippen LogP contribution in [-0.4, -0.2) is 18.0 Å². The zero-order chi connectivity index (χ0) is 6.15. The third-order valence-corrected chi connectivity index (χ3v) is 5.69. The molecule has 0 aromatic carbocycles. The minimum Gasteiger partial charge on any atom is -0.104 e. The van der Waals surface area contributed by atoms with Crippen molar-refractivity contribution in [1.29, 1.82) is 0 Å². The fourth-order valence-electron chi connectivity index (χ4n) is 1.32. The van der Waals surface area contributed by atoms with Gasteiger partial charge in [-0.3, -0.25) is 0 Å². The van der Waals surface area contributed by atoms with E-state index in [1.807, 2.05) is 0 Å². The first-order valence-corrected chi connectivity index (χ1v) is 5.36. The van der Waals surface area contributed by atoms with Gasteiger partial charge < -0.3 is 0 Å². The maximum Gasteiger partial charge on any atom is -0.0237 e. The van der Waals surface area contributed by atoms with Gasteiger partial charge in [-0.2, -0.15) is 0 Å². The second kappa shape index (κ2) is 2.35. The van der Waals surface area contributed by atoms with Crippen molar-refractivity contribution in [2.24, 2.45) is 0 Å². The lowest BCUT2D eigenvalue weighted by Crippen LogP contribution is -1.92. The van der Waals surface area contributed by atoms with Gasteiger partial charge in [0.15, 0.2) is 0 Å². The number of hydrogen-bond donors (Lipinski definition) is 0. The molecular formula is C7H15P. The van der Waals surface area contributed by atoms with E-state index in [1.54, 1.807) is 0 Å². The Hall–Kier alpha value is 0.430. The molecule has 2 atom stereocenters. The molecule has 0 bridgehead atoms. The first-order valence-electron chi connectivity index (χ1n) is 3.43. The van der Waals surface area contributed by atoms with Crippen molar-refractivity contribution in [2.75, 3.05) is 6.66 Å². The summed E-state index contributed by atoms with van der Waals surface area (Å²) < 4.78 is 0. The van der Waals surface area contributed by atoms with Crippen molar-refractivity contribution in [3.8, 4) is 0 Å². The molecule has 0 amide bonds. The van der Waals surface area contributed by atoms with Crippen molar-refractivity contribution in [2.45, 2.75) is 38.0 Å². The molecule has 8 heavy (non-hydrogen) atoms. The largest absolute Gasteiger partial charge is 0.104 e. The zero-order valence-corrected chi connectivity index (χ0v) is 6.91. The van der Waals surface area contributed by atoms with Gasteiger partial charge >= 0.3 is 0 Å². The van der Waals surface area contributed by atoms with E-state index in [1.165, 1.54) is 12.8 Å². The summed E-state index contributed by atoms with van der Waals surface area (Å²) in [5.74, 6) is 0. The maximum absolute atomic E-state index is 2.44. The summed E-state index contributed by atoms with van der Waals surface area (Å²) in [4.78, 5) is 0. The molecule has 1 heterocycles. The third-order valence-electron chi connectivity index (χ3n) is 2.39. The molecule has 0 spiro atoms. The van der Waals surface area contributed by atoms with Crippen LogP contribution in [0.1, 0.15) is 26.7 Å². The summed E-state index contributed by atoms with van der Waals surface area (Å²) >= 11 is 0. The van der Waals surface area contributed by atoms with Crippen molar-refractivity contribution in [3.63, 3.8) is 0 Å². The Morgan fingerprint density at radius 1 is 1.12 bits per heavy atom. The van der Waals surface area contributed by atoms with E-state index in [9.17, 15) is 0 Å². The van der Waals surface area contributed by atoms with Crippen LogP contribution in [0.15, 0.2) is 0 Å². The smallest absolute Gasteiger partial charge is 0.0237 e. The van der Waals surface area contributed by atoms with Crippen LogP contribution in [0.4, 0.5) is 0 Å². The molecule has 0 aliphatic carbocycles. The summed E-state index contributed by atoms with van der Waals surface area (Å²) in [6.45, 7) is 7.24. The minimum atomic E-state index is 0.413. The molecule has 1 aliphatic heterocycles. The Morgan fingerprint density at radius 2 is 1.50 bits per heavy atom. The lowest BCUT2D eigenvalue weighted by molar-refractivity contribution is 0.777. The molecule has 0 aromatic rings. The molecule has 0 radical (unpaired) electrons. The molecule has 0 N–H and O–H groups in total. The molecule has 1 rings (SSSR count). The van der Waals surface area contributed by atoms with Crippen molar-refractivity contribution < 1.29 is 0 Å². The number of rotatable bonds is 0. The van der Waals surface area contributed by atoms with Gasteiger partial charge in [0.05, 0.1) is 0 Å². The molecule has 0 saturated carbocycles. The maximum atomic E-state index is 2.44. The van der Waals surface area contributed by atoms with Crippen LogP contribution in [0.3, 0.4) is 0 Å². The van der Waals surface area contributed by atoms with Crippen LogP contribution >= 0.6 is 7.92 Å². The fraction of sp³-hybridized carbons (Fsp3) is 1.00. The van der Waals surface area contributed by atoms with E-state index in [4.69, 9.17) is 0 Å². The topological polar surface area (TPSA) is 0 Å². The van der Waals surface area contributed by atoms with E-state index >= 15 is 0 Å². The molecule has 0 aromatic heterocycles. The van der Waals surface area contributed by atoms with Crippen LogP contribution in [0.25, 0.3) is 0 Å². The monoisotopic (exact) mass is 130 g/mol.